The maximum Gasteiger partial charge on any atom is 0.218 e. The minimum Gasteiger partial charge on any atom is -0.443 e. The fourth-order valence-corrected chi connectivity index (χ4v) is 3.14. The standard InChI is InChI=1S/C19H23FN4OS/c1-12-8-16(13(2)7-15(12)22-11-24(5)6)25-18-14(9-21)17(23-26-18)19(3,4)10-20/h7-8,11H,10H2,1-6H3/b22-11-. The Kier molecular flexibility index (Phi) is 5.98. The summed E-state index contributed by atoms with van der Waals surface area (Å²) in [6.07, 6.45) is 1.74. The smallest absolute Gasteiger partial charge is 0.218 e. The highest BCUT2D eigenvalue weighted by atomic mass is 32.1. The van der Waals surface area contributed by atoms with Crippen LogP contribution in [-0.4, -0.2) is 36.4 Å². The van der Waals surface area contributed by atoms with E-state index in [0.717, 1.165) is 28.3 Å². The van der Waals surface area contributed by atoms with Gasteiger partial charge in [-0.3, -0.25) is 4.39 Å². The van der Waals surface area contributed by atoms with Gasteiger partial charge in [-0.05, 0) is 37.1 Å². The molecule has 138 valence electrons. The number of aromatic nitrogens is 1. The average molecular weight is 374 g/mol. The van der Waals surface area contributed by atoms with E-state index >= 15 is 0 Å². The summed E-state index contributed by atoms with van der Waals surface area (Å²) < 4.78 is 23.5. The van der Waals surface area contributed by atoms with Crippen molar-refractivity contribution in [3.05, 3.63) is 34.5 Å². The van der Waals surface area contributed by atoms with Gasteiger partial charge in [-0.25, -0.2) is 4.99 Å². The summed E-state index contributed by atoms with van der Waals surface area (Å²) in [7, 11) is 3.82. The topological polar surface area (TPSA) is 61.5 Å². The largest absolute Gasteiger partial charge is 0.443 e. The molecule has 1 aromatic carbocycles. The molecular formula is C19H23FN4OS. The molecule has 26 heavy (non-hydrogen) atoms. The Balaban J connectivity index is 2.38. The number of ether oxygens (including phenoxy) is 1. The molecule has 2 aromatic rings. The molecule has 7 heteroatoms. The summed E-state index contributed by atoms with van der Waals surface area (Å²) in [4.78, 5) is 6.30. The van der Waals surface area contributed by atoms with E-state index in [-0.39, 0.29) is 0 Å². The molecule has 0 saturated heterocycles. The van der Waals surface area contributed by atoms with Gasteiger partial charge in [0.1, 0.15) is 24.1 Å². The zero-order valence-corrected chi connectivity index (χ0v) is 16.7. The number of alkyl halides is 1. The zero-order chi connectivity index (χ0) is 19.5. The molecule has 0 aliphatic carbocycles. The van der Waals surface area contributed by atoms with Crippen LogP contribution in [0.25, 0.3) is 0 Å². The first kappa shape index (κ1) is 19.9. The van der Waals surface area contributed by atoms with E-state index in [4.69, 9.17) is 4.74 Å². The van der Waals surface area contributed by atoms with E-state index in [1.165, 1.54) is 0 Å². The molecule has 0 unspecified atom stereocenters. The van der Waals surface area contributed by atoms with Crippen molar-refractivity contribution in [3.8, 4) is 16.9 Å². The van der Waals surface area contributed by atoms with E-state index in [1.54, 1.807) is 20.2 Å². The lowest BCUT2D eigenvalue weighted by Gasteiger charge is -2.17. The fourth-order valence-electron chi connectivity index (χ4n) is 2.27. The number of halogens is 1. The highest BCUT2D eigenvalue weighted by molar-refractivity contribution is 7.08. The van der Waals surface area contributed by atoms with Crippen molar-refractivity contribution >= 4 is 23.6 Å². The molecule has 0 saturated carbocycles. The normalized spacial score (nSPS) is 11.6. The fraction of sp³-hybridized carbons (Fsp3) is 0.421. The average Bonchev–Trinajstić information content (AvgIpc) is 3.00. The molecule has 1 heterocycles. The summed E-state index contributed by atoms with van der Waals surface area (Å²) in [6, 6.07) is 5.93. The molecule has 0 bridgehead atoms. The van der Waals surface area contributed by atoms with Crippen molar-refractivity contribution in [2.24, 2.45) is 4.99 Å². The van der Waals surface area contributed by atoms with Crippen LogP contribution in [0.1, 0.15) is 36.2 Å². The Morgan fingerprint density at radius 2 is 2.04 bits per heavy atom. The zero-order valence-electron chi connectivity index (χ0n) is 15.9. The lowest BCUT2D eigenvalue weighted by atomic mass is 9.89. The SMILES string of the molecule is Cc1cc(Oc2snc(C(C)(C)CF)c2C#N)c(C)cc1/N=C\N(C)C. The van der Waals surface area contributed by atoms with Gasteiger partial charge in [0, 0.05) is 31.0 Å². The van der Waals surface area contributed by atoms with Crippen molar-refractivity contribution in [1.82, 2.24) is 9.27 Å². The number of hydrogen-bond donors (Lipinski definition) is 0. The molecule has 0 fully saturated rings. The summed E-state index contributed by atoms with van der Waals surface area (Å²) in [6.45, 7) is 6.72. The molecule has 0 N–H and O–H groups in total. The van der Waals surface area contributed by atoms with Crippen LogP contribution in [0, 0.1) is 25.2 Å². The van der Waals surface area contributed by atoms with Crippen LogP contribution in [-0.2, 0) is 5.41 Å². The minimum atomic E-state index is -0.821. The number of hydrogen-bond acceptors (Lipinski definition) is 5. The molecule has 5 nitrogen and oxygen atoms in total. The lowest BCUT2D eigenvalue weighted by Crippen LogP contribution is -2.21. The molecule has 0 radical (unpaired) electrons. The first-order valence-corrected chi connectivity index (χ1v) is 8.93. The van der Waals surface area contributed by atoms with E-state index in [1.807, 2.05) is 45.0 Å². The molecule has 2 rings (SSSR count). The van der Waals surface area contributed by atoms with Gasteiger partial charge in [0.25, 0.3) is 0 Å². The third-order valence-electron chi connectivity index (χ3n) is 3.87. The first-order chi connectivity index (χ1) is 12.2. The third-order valence-corrected chi connectivity index (χ3v) is 4.60. The van der Waals surface area contributed by atoms with Crippen molar-refractivity contribution < 1.29 is 9.13 Å². The van der Waals surface area contributed by atoms with Crippen LogP contribution in [0.15, 0.2) is 17.1 Å². The van der Waals surface area contributed by atoms with Crippen molar-refractivity contribution in [2.45, 2.75) is 33.1 Å². The minimum absolute atomic E-state index is 0.296. The maximum absolute atomic E-state index is 13.3. The molecular weight excluding hydrogens is 351 g/mol. The molecule has 0 aliphatic rings. The van der Waals surface area contributed by atoms with Gasteiger partial charge in [-0.15, -0.1) is 0 Å². The van der Waals surface area contributed by atoms with E-state index < -0.39 is 12.1 Å². The Bertz CT molecular complexity index is 865. The van der Waals surface area contributed by atoms with Crippen LogP contribution in [0.4, 0.5) is 10.1 Å². The van der Waals surface area contributed by atoms with Crippen molar-refractivity contribution in [1.29, 1.82) is 5.26 Å². The summed E-state index contributed by atoms with van der Waals surface area (Å²) in [5.41, 5.74) is 2.61. The molecule has 0 spiro atoms. The van der Waals surface area contributed by atoms with Gasteiger partial charge in [0.05, 0.1) is 17.7 Å². The third kappa shape index (κ3) is 4.20. The second kappa shape index (κ2) is 7.83. The predicted molar refractivity (Wildman–Crippen MR) is 104 cm³/mol. The predicted octanol–water partition coefficient (Wildman–Crippen LogP) is 4.89. The van der Waals surface area contributed by atoms with Crippen LogP contribution in [0.3, 0.4) is 0 Å². The van der Waals surface area contributed by atoms with Gasteiger partial charge in [0.15, 0.2) is 0 Å². The molecule has 1 aromatic heterocycles. The number of aliphatic imine (C=N–C) groups is 1. The first-order valence-electron chi connectivity index (χ1n) is 8.15. The quantitative estimate of drug-likeness (QED) is 0.533. The Hall–Kier alpha value is -2.46. The summed E-state index contributed by atoms with van der Waals surface area (Å²) in [5.74, 6) is 0.635. The second-order valence-electron chi connectivity index (χ2n) is 7.04. The monoisotopic (exact) mass is 374 g/mol. The van der Waals surface area contributed by atoms with Crippen molar-refractivity contribution in [2.75, 3.05) is 20.8 Å². The number of nitrogens with zero attached hydrogens (tertiary/aromatic N) is 4. The van der Waals surface area contributed by atoms with Crippen LogP contribution in [0.5, 0.6) is 10.8 Å². The Morgan fingerprint density at radius 1 is 1.35 bits per heavy atom. The summed E-state index contributed by atoms with van der Waals surface area (Å²) in [5, 5.41) is 9.89. The maximum atomic E-state index is 13.3. The van der Waals surface area contributed by atoms with Gasteiger partial charge < -0.3 is 9.64 Å². The van der Waals surface area contributed by atoms with Gasteiger partial charge in [-0.2, -0.15) is 9.64 Å². The highest BCUT2D eigenvalue weighted by Crippen LogP contribution is 2.39. The van der Waals surface area contributed by atoms with Crippen LogP contribution < -0.4 is 4.74 Å². The number of nitriles is 1. The van der Waals surface area contributed by atoms with E-state index in [9.17, 15) is 9.65 Å². The van der Waals surface area contributed by atoms with E-state index in [2.05, 4.69) is 15.4 Å². The van der Waals surface area contributed by atoms with Gasteiger partial charge >= 0.3 is 0 Å². The number of benzene rings is 1. The van der Waals surface area contributed by atoms with Crippen LogP contribution in [0.2, 0.25) is 0 Å². The van der Waals surface area contributed by atoms with Gasteiger partial charge in [0.2, 0.25) is 5.06 Å². The number of aryl methyl sites for hydroxylation is 2. The molecule has 0 aliphatic heterocycles. The Labute approximate surface area is 157 Å². The summed E-state index contributed by atoms with van der Waals surface area (Å²) >= 11 is 1.07. The highest BCUT2D eigenvalue weighted by Gasteiger charge is 2.30. The van der Waals surface area contributed by atoms with E-state index in [0.29, 0.717) is 22.1 Å². The Morgan fingerprint density at radius 3 is 2.62 bits per heavy atom. The van der Waals surface area contributed by atoms with Crippen molar-refractivity contribution in [3.63, 3.8) is 0 Å². The lowest BCUT2D eigenvalue weighted by molar-refractivity contribution is 0.345. The molecule has 0 atom stereocenters. The van der Waals surface area contributed by atoms with Gasteiger partial charge in [-0.1, -0.05) is 13.8 Å². The number of rotatable bonds is 6. The van der Waals surface area contributed by atoms with Crippen LogP contribution >= 0.6 is 11.5 Å². The molecule has 0 amide bonds. The second-order valence-corrected chi connectivity index (χ2v) is 7.77.